The van der Waals surface area contributed by atoms with Crippen molar-refractivity contribution >= 4 is 49.3 Å². The normalized spacial score (nSPS) is 11.3. The molecule has 0 unspecified atom stereocenters. The van der Waals surface area contributed by atoms with Crippen LogP contribution >= 0.6 is 0 Å². The summed E-state index contributed by atoms with van der Waals surface area (Å²) in [5.74, 6) is 1.36. The summed E-state index contributed by atoms with van der Waals surface area (Å²) in [4.78, 5) is 19.4. The van der Waals surface area contributed by atoms with E-state index < -0.39 is 0 Å². The van der Waals surface area contributed by atoms with Crippen LogP contribution in [0.3, 0.4) is 0 Å². The zero-order chi connectivity index (χ0) is 40.2. The number of fused-ring (bicyclic) bond motifs is 6. The van der Waals surface area contributed by atoms with Gasteiger partial charge in [0, 0.05) is 49.6 Å². The minimum absolute atomic E-state index is 0.399. The van der Waals surface area contributed by atoms with Gasteiger partial charge in [0.05, 0.1) is 40.3 Å². The van der Waals surface area contributed by atoms with E-state index in [0.717, 1.165) is 66.5 Å². The summed E-state index contributed by atoms with van der Waals surface area (Å²) in [6.45, 7) is 8.42. The third-order valence-electron chi connectivity index (χ3n) is 11.3. The zero-order valence-electron chi connectivity index (χ0n) is 32.0. The Labute approximate surface area is 345 Å². The van der Waals surface area contributed by atoms with Crippen molar-refractivity contribution in [2.45, 2.75) is 0 Å². The lowest BCUT2D eigenvalue weighted by Crippen LogP contribution is -2.02. The molecule has 0 aliphatic heterocycles. The predicted octanol–water partition coefficient (Wildman–Crippen LogP) is 13.2. The number of para-hydroxylation sites is 4. The number of aromatic nitrogens is 5. The van der Waals surface area contributed by atoms with Gasteiger partial charge in [-0.15, -0.1) is 0 Å². The monoisotopic (exact) mass is 765 g/mol. The number of benzene rings is 8. The summed E-state index contributed by atoms with van der Waals surface area (Å²) in [7, 11) is 0. The second kappa shape index (κ2) is 14.1. The molecule has 0 N–H and O–H groups in total. The first kappa shape index (κ1) is 34.6. The summed E-state index contributed by atoms with van der Waals surface area (Å²) in [5, 5.41) is 14.3. The first-order valence-electron chi connectivity index (χ1n) is 19.6. The summed E-state index contributed by atoms with van der Waals surface area (Å²) in [6.07, 6.45) is 0. The van der Waals surface area contributed by atoms with Gasteiger partial charge in [-0.3, -0.25) is 0 Å². The van der Waals surface area contributed by atoms with E-state index in [2.05, 4.69) is 123 Å². The lowest BCUT2D eigenvalue weighted by molar-refractivity contribution is 1.07. The average Bonchev–Trinajstić information content (AvgIpc) is 3.84. The maximum absolute atomic E-state index is 9.68. The highest BCUT2D eigenvalue weighted by atomic mass is 15.0. The smallest absolute Gasteiger partial charge is 0.200 e. The number of hydrogen-bond acceptors (Lipinski definition) is 4. The Morgan fingerprint density at radius 2 is 0.867 bits per heavy atom. The van der Waals surface area contributed by atoms with Crippen LogP contribution in [0.25, 0.3) is 105 Å². The molecule has 0 fully saturated rings. The van der Waals surface area contributed by atoms with Crippen molar-refractivity contribution in [1.82, 2.24) is 24.1 Å². The lowest BCUT2D eigenvalue weighted by atomic mass is 9.97. The zero-order valence-corrected chi connectivity index (χ0v) is 32.0. The SMILES string of the molecule is [C-]#[N+]c1cc(-n2c3ccccc3c3ccccc32)ccc1-c1nc(-c2ccccc2)nc(-c2ccc(-n3c4ccccc4c4ccccc43)cc2-c2ccc(C#N)cc2)n1. The van der Waals surface area contributed by atoms with E-state index in [-0.39, 0.29) is 0 Å². The van der Waals surface area contributed by atoms with Gasteiger partial charge in [-0.1, -0.05) is 121 Å². The van der Waals surface area contributed by atoms with Gasteiger partial charge in [-0.2, -0.15) is 5.26 Å². The second-order valence-corrected chi connectivity index (χ2v) is 14.6. The minimum atomic E-state index is 0.399. The lowest BCUT2D eigenvalue weighted by Gasteiger charge is -2.16. The number of nitriles is 1. The molecule has 11 aromatic rings. The Kier molecular flexibility index (Phi) is 8.11. The molecule has 7 heteroatoms. The van der Waals surface area contributed by atoms with Crippen molar-refractivity contribution in [1.29, 1.82) is 5.26 Å². The molecule has 8 aromatic carbocycles. The third-order valence-corrected chi connectivity index (χ3v) is 11.3. The van der Waals surface area contributed by atoms with Crippen molar-refractivity contribution in [2.24, 2.45) is 0 Å². The maximum Gasteiger partial charge on any atom is 0.200 e. The fourth-order valence-corrected chi connectivity index (χ4v) is 8.50. The number of nitrogens with zero attached hydrogens (tertiary/aromatic N) is 7. The van der Waals surface area contributed by atoms with E-state index in [4.69, 9.17) is 21.5 Å². The number of rotatable bonds is 6. The molecule has 278 valence electrons. The van der Waals surface area contributed by atoms with Gasteiger partial charge in [0.1, 0.15) is 0 Å². The van der Waals surface area contributed by atoms with Crippen LogP contribution in [0, 0.1) is 17.9 Å². The van der Waals surface area contributed by atoms with E-state index in [1.54, 1.807) is 0 Å². The molecule has 3 aromatic heterocycles. The van der Waals surface area contributed by atoms with Crippen molar-refractivity contribution in [3.63, 3.8) is 0 Å². The highest BCUT2D eigenvalue weighted by molar-refractivity contribution is 6.10. The quantitative estimate of drug-likeness (QED) is 0.158. The third kappa shape index (κ3) is 5.61. The minimum Gasteiger partial charge on any atom is -0.311 e. The molecule has 0 atom stereocenters. The highest BCUT2D eigenvalue weighted by Crippen LogP contribution is 2.40. The summed E-state index contributed by atoms with van der Waals surface area (Å²) in [6, 6.07) is 65.6. The van der Waals surface area contributed by atoms with E-state index in [1.165, 1.54) is 10.8 Å². The molecule has 0 radical (unpaired) electrons. The summed E-state index contributed by atoms with van der Waals surface area (Å²) < 4.78 is 4.50. The van der Waals surface area contributed by atoms with Gasteiger partial charge >= 0.3 is 0 Å². The Morgan fingerprint density at radius 3 is 1.38 bits per heavy atom. The van der Waals surface area contributed by atoms with Crippen LogP contribution in [0.5, 0.6) is 0 Å². The molecule has 0 bridgehead atoms. The molecule has 3 heterocycles. The van der Waals surface area contributed by atoms with Crippen molar-refractivity contribution in [2.75, 3.05) is 0 Å². The van der Waals surface area contributed by atoms with E-state index in [0.29, 0.717) is 34.3 Å². The van der Waals surface area contributed by atoms with Crippen molar-refractivity contribution in [3.8, 4) is 62.7 Å². The molecule has 0 aliphatic carbocycles. The Bertz CT molecular complexity index is 3460. The van der Waals surface area contributed by atoms with Crippen LogP contribution in [0.1, 0.15) is 5.56 Å². The van der Waals surface area contributed by atoms with Crippen LogP contribution < -0.4 is 0 Å². The molecule has 0 saturated carbocycles. The van der Waals surface area contributed by atoms with E-state index >= 15 is 0 Å². The molecular weight excluding hydrogens is 735 g/mol. The highest BCUT2D eigenvalue weighted by Gasteiger charge is 2.21. The van der Waals surface area contributed by atoms with Crippen LogP contribution in [0.15, 0.2) is 188 Å². The topological polar surface area (TPSA) is 76.7 Å². The molecule has 11 rings (SSSR count). The van der Waals surface area contributed by atoms with Gasteiger partial charge in [0.15, 0.2) is 23.2 Å². The van der Waals surface area contributed by atoms with Crippen LogP contribution in [0.2, 0.25) is 0 Å². The van der Waals surface area contributed by atoms with Crippen molar-refractivity contribution in [3.05, 3.63) is 205 Å². The van der Waals surface area contributed by atoms with Crippen LogP contribution in [0.4, 0.5) is 5.69 Å². The van der Waals surface area contributed by atoms with E-state index in [9.17, 15) is 5.26 Å². The largest absolute Gasteiger partial charge is 0.311 e. The molecule has 60 heavy (non-hydrogen) atoms. The molecule has 0 spiro atoms. The number of hydrogen-bond donors (Lipinski definition) is 0. The van der Waals surface area contributed by atoms with Crippen molar-refractivity contribution < 1.29 is 0 Å². The molecular formula is C53H31N7. The van der Waals surface area contributed by atoms with Crippen LogP contribution in [-0.2, 0) is 0 Å². The van der Waals surface area contributed by atoms with Crippen LogP contribution in [-0.4, -0.2) is 24.1 Å². The fourth-order valence-electron chi connectivity index (χ4n) is 8.50. The van der Waals surface area contributed by atoms with Gasteiger partial charge < -0.3 is 9.13 Å². The first-order valence-corrected chi connectivity index (χ1v) is 19.6. The second-order valence-electron chi connectivity index (χ2n) is 14.6. The summed E-state index contributed by atoms with van der Waals surface area (Å²) >= 11 is 0. The Morgan fingerprint density at radius 1 is 0.417 bits per heavy atom. The maximum atomic E-state index is 9.68. The van der Waals surface area contributed by atoms with E-state index in [1.807, 2.05) is 84.9 Å². The molecule has 0 aliphatic rings. The first-order chi connectivity index (χ1) is 29.7. The molecule has 0 amide bonds. The fraction of sp³-hybridized carbons (Fsp3) is 0. The Hall–Kier alpha value is -8.65. The summed E-state index contributed by atoms with van der Waals surface area (Å²) in [5.41, 5.74) is 11.2. The predicted molar refractivity (Wildman–Crippen MR) is 241 cm³/mol. The molecule has 0 saturated heterocycles. The standard InChI is InChI=1S/C53H31N7/c1-55-46-32-38(60-49-21-11-7-17-41(49)42-18-8-12-22-50(42)60)28-30-44(46)53-57-51(36-13-3-2-4-14-36)56-52(58-53)43-29-27-37(31-45(43)35-25-23-34(33-54)24-26-35)59-47-19-9-5-15-39(47)40-16-6-10-20-48(40)59/h2-32H. The average molecular weight is 766 g/mol. The Balaban J connectivity index is 1.13. The van der Waals surface area contributed by atoms with Gasteiger partial charge in [0.2, 0.25) is 0 Å². The van der Waals surface area contributed by atoms with Gasteiger partial charge in [-0.25, -0.2) is 19.8 Å². The van der Waals surface area contributed by atoms with Gasteiger partial charge in [0.25, 0.3) is 0 Å². The molecule has 7 nitrogen and oxygen atoms in total. The van der Waals surface area contributed by atoms with Gasteiger partial charge in [-0.05, 0) is 77.9 Å².